The van der Waals surface area contributed by atoms with E-state index >= 15 is 0 Å². The summed E-state index contributed by atoms with van der Waals surface area (Å²) in [5.41, 5.74) is 6.00. The molecule has 0 spiro atoms. The maximum Gasteiger partial charge on any atom is 0.257 e. The van der Waals surface area contributed by atoms with Crippen LogP contribution in [-0.2, 0) is 0 Å². The second-order valence-corrected chi connectivity index (χ2v) is 6.72. The lowest BCUT2D eigenvalue weighted by atomic mass is 10.1. The normalized spacial score (nSPS) is 11.2. The number of carbonyl (C=O) groups is 1. The minimum atomic E-state index is -0.175. The first-order chi connectivity index (χ1) is 13.7. The van der Waals surface area contributed by atoms with Gasteiger partial charge in [0.15, 0.2) is 0 Å². The van der Waals surface area contributed by atoms with Gasteiger partial charge in [0.05, 0.1) is 23.0 Å². The zero-order valence-corrected chi connectivity index (χ0v) is 15.2. The molecule has 0 radical (unpaired) electrons. The van der Waals surface area contributed by atoms with Crippen molar-refractivity contribution in [3.63, 3.8) is 0 Å². The highest BCUT2D eigenvalue weighted by molar-refractivity contribution is 6.11. The number of carbonyl (C=O) groups excluding carboxylic acids is 1. The van der Waals surface area contributed by atoms with Crippen LogP contribution < -0.4 is 5.32 Å². The van der Waals surface area contributed by atoms with Crippen molar-refractivity contribution >= 4 is 28.1 Å². The van der Waals surface area contributed by atoms with Crippen molar-refractivity contribution in [2.75, 3.05) is 5.32 Å². The molecule has 2 aromatic carbocycles. The number of para-hydroxylation sites is 1. The van der Waals surface area contributed by atoms with Gasteiger partial charge in [-0.15, -0.1) is 0 Å². The van der Waals surface area contributed by atoms with Crippen molar-refractivity contribution in [2.24, 2.45) is 0 Å². The quantitative estimate of drug-likeness (QED) is 0.495. The van der Waals surface area contributed by atoms with Crippen molar-refractivity contribution in [3.8, 4) is 11.3 Å². The number of aryl methyl sites for hydroxylation is 1. The van der Waals surface area contributed by atoms with Gasteiger partial charge in [-0.25, -0.2) is 4.98 Å². The Morgan fingerprint density at radius 2 is 1.93 bits per heavy atom. The lowest BCUT2D eigenvalue weighted by molar-refractivity contribution is 0.102. The fourth-order valence-corrected chi connectivity index (χ4v) is 3.37. The molecule has 5 aromatic rings. The number of pyridine rings is 1. The standard InChI is InChI=1S/C22H17N5O/c1-14-4-3-11-27-13-19(25-21(14)27)15-7-9-17(10-8-15)24-22(28)18-6-2-5-16-12-23-26-20(16)18/h2-13H,1H3,(H,23,26)(H,24,28). The van der Waals surface area contributed by atoms with E-state index in [0.29, 0.717) is 5.56 Å². The van der Waals surface area contributed by atoms with Gasteiger partial charge in [0.2, 0.25) is 0 Å². The molecule has 6 heteroatoms. The molecule has 1 amide bonds. The first-order valence-electron chi connectivity index (χ1n) is 8.97. The van der Waals surface area contributed by atoms with Crippen LogP contribution in [0, 0.1) is 6.92 Å². The number of hydrogen-bond acceptors (Lipinski definition) is 3. The highest BCUT2D eigenvalue weighted by Gasteiger charge is 2.12. The Hall–Kier alpha value is -3.93. The third-order valence-electron chi connectivity index (χ3n) is 4.84. The van der Waals surface area contributed by atoms with Crippen molar-refractivity contribution < 1.29 is 4.79 Å². The van der Waals surface area contributed by atoms with Crippen LogP contribution in [0.3, 0.4) is 0 Å². The minimum absolute atomic E-state index is 0.175. The van der Waals surface area contributed by atoms with E-state index in [4.69, 9.17) is 4.98 Å². The summed E-state index contributed by atoms with van der Waals surface area (Å²) in [6.45, 7) is 2.05. The Balaban J connectivity index is 1.41. The first kappa shape index (κ1) is 16.3. The van der Waals surface area contributed by atoms with Crippen LogP contribution >= 0.6 is 0 Å². The van der Waals surface area contributed by atoms with Gasteiger partial charge in [-0.05, 0) is 36.8 Å². The molecule has 2 N–H and O–H groups in total. The van der Waals surface area contributed by atoms with Crippen molar-refractivity contribution in [1.82, 2.24) is 19.6 Å². The molecule has 0 fully saturated rings. The van der Waals surface area contributed by atoms with Gasteiger partial charge in [-0.1, -0.05) is 30.3 Å². The predicted octanol–water partition coefficient (Wildman–Crippen LogP) is 4.44. The highest BCUT2D eigenvalue weighted by atomic mass is 16.1. The second kappa shape index (κ2) is 6.35. The Morgan fingerprint density at radius 3 is 2.75 bits per heavy atom. The first-order valence-corrected chi connectivity index (χ1v) is 8.97. The summed E-state index contributed by atoms with van der Waals surface area (Å²) in [6.07, 6.45) is 5.70. The van der Waals surface area contributed by atoms with E-state index in [9.17, 15) is 4.79 Å². The van der Waals surface area contributed by atoms with Crippen molar-refractivity contribution in [2.45, 2.75) is 6.92 Å². The summed E-state index contributed by atoms with van der Waals surface area (Å²) in [5, 5.41) is 10.7. The summed E-state index contributed by atoms with van der Waals surface area (Å²) in [7, 11) is 0. The monoisotopic (exact) mass is 367 g/mol. The number of benzene rings is 2. The molecule has 0 aliphatic rings. The Morgan fingerprint density at radius 1 is 1.07 bits per heavy atom. The molecule has 3 heterocycles. The predicted molar refractivity (Wildman–Crippen MR) is 109 cm³/mol. The molecule has 6 nitrogen and oxygen atoms in total. The highest BCUT2D eigenvalue weighted by Crippen LogP contribution is 2.23. The largest absolute Gasteiger partial charge is 0.322 e. The third-order valence-corrected chi connectivity index (χ3v) is 4.84. The van der Waals surface area contributed by atoms with Gasteiger partial charge in [-0.2, -0.15) is 5.10 Å². The van der Waals surface area contributed by atoms with Gasteiger partial charge in [0.1, 0.15) is 5.65 Å². The van der Waals surface area contributed by atoms with Crippen molar-refractivity contribution in [1.29, 1.82) is 0 Å². The molecule has 0 unspecified atom stereocenters. The van der Waals surface area contributed by atoms with Crippen LogP contribution in [-0.4, -0.2) is 25.5 Å². The number of nitrogens with zero attached hydrogens (tertiary/aromatic N) is 3. The molecular weight excluding hydrogens is 350 g/mol. The Bertz CT molecular complexity index is 1310. The third kappa shape index (κ3) is 2.72. The van der Waals surface area contributed by atoms with Crippen LogP contribution in [0.1, 0.15) is 15.9 Å². The maximum absolute atomic E-state index is 12.7. The molecule has 5 rings (SSSR count). The van der Waals surface area contributed by atoms with E-state index in [2.05, 4.69) is 15.5 Å². The van der Waals surface area contributed by atoms with Crippen LogP contribution in [0.15, 0.2) is 73.2 Å². The average molecular weight is 367 g/mol. The summed E-state index contributed by atoms with van der Waals surface area (Å²) < 4.78 is 2.02. The Labute approximate surface area is 160 Å². The van der Waals surface area contributed by atoms with Gasteiger partial charge >= 0.3 is 0 Å². The molecule has 0 bridgehead atoms. The summed E-state index contributed by atoms with van der Waals surface area (Å²) in [5.74, 6) is -0.175. The number of amides is 1. The molecule has 136 valence electrons. The number of rotatable bonds is 3. The van der Waals surface area contributed by atoms with E-state index in [-0.39, 0.29) is 5.91 Å². The molecule has 0 aliphatic heterocycles. The number of H-pyrrole nitrogens is 1. The zero-order chi connectivity index (χ0) is 19.1. The van der Waals surface area contributed by atoms with E-state index in [1.54, 1.807) is 12.3 Å². The average Bonchev–Trinajstić information content (AvgIpc) is 3.36. The van der Waals surface area contributed by atoms with Gasteiger partial charge in [0, 0.05) is 29.0 Å². The fraction of sp³-hybridized carbons (Fsp3) is 0.0455. The van der Waals surface area contributed by atoms with E-state index in [1.807, 2.05) is 72.2 Å². The van der Waals surface area contributed by atoms with Crippen LogP contribution in [0.2, 0.25) is 0 Å². The maximum atomic E-state index is 12.7. The van der Waals surface area contributed by atoms with Gasteiger partial charge in [0.25, 0.3) is 5.91 Å². The lowest BCUT2D eigenvalue weighted by Gasteiger charge is -2.07. The summed E-state index contributed by atoms with van der Waals surface area (Å²) >= 11 is 0. The minimum Gasteiger partial charge on any atom is -0.322 e. The van der Waals surface area contributed by atoms with Gasteiger partial charge < -0.3 is 9.72 Å². The van der Waals surface area contributed by atoms with Crippen LogP contribution in [0.4, 0.5) is 5.69 Å². The van der Waals surface area contributed by atoms with Crippen LogP contribution in [0.5, 0.6) is 0 Å². The SMILES string of the molecule is Cc1cccn2cc(-c3ccc(NC(=O)c4cccc5cn[nH]c45)cc3)nc12. The van der Waals surface area contributed by atoms with Gasteiger partial charge in [-0.3, -0.25) is 9.89 Å². The molecule has 3 aromatic heterocycles. The summed E-state index contributed by atoms with van der Waals surface area (Å²) in [4.78, 5) is 17.4. The number of nitrogens with one attached hydrogen (secondary N) is 2. The number of imidazole rings is 1. The number of hydrogen-bond donors (Lipinski definition) is 2. The molecule has 0 saturated heterocycles. The number of anilines is 1. The van der Waals surface area contributed by atoms with E-state index < -0.39 is 0 Å². The van der Waals surface area contributed by atoms with E-state index in [0.717, 1.165) is 39.1 Å². The molecule has 0 atom stereocenters. The van der Waals surface area contributed by atoms with E-state index in [1.165, 1.54) is 0 Å². The fourth-order valence-electron chi connectivity index (χ4n) is 3.37. The zero-order valence-electron chi connectivity index (χ0n) is 15.2. The molecule has 0 aliphatic carbocycles. The van der Waals surface area contributed by atoms with Crippen LogP contribution in [0.25, 0.3) is 27.8 Å². The molecular formula is C22H17N5O. The molecule has 0 saturated carbocycles. The molecule has 28 heavy (non-hydrogen) atoms. The number of fused-ring (bicyclic) bond motifs is 2. The second-order valence-electron chi connectivity index (χ2n) is 6.72. The lowest BCUT2D eigenvalue weighted by Crippen LogP contribution is -2.12. The number of aromatic amines is 1. The topological polar surface area (TPSA) is 75.1 Å². The smallest absolute Gasteiger partial charge is 0.257 e. The van der Waals surface area contributed by atoms with Crippen molar-refractivity contribution in [3.05, 3.63) is 84.3 Å². The number of aromatic nitrogens is 4. The summed E-state index contributed by atoms with van der Waals surface area (Å²) in [6, 6.07) is 17.3. The Kier molecular flexibility index (Phi) is 3.69.